The molecular weight excluding hydrogens is 336 g/mol. The molecule has 1 saturated heterocycles. The van der Waals surface area contributed by atoms with Crippen molar-refractivity contribution in [2.75, 3.05) is 20.3 Å². The average molecular weight is 350 g/mol. The molecule has 1 fully saturated rings. The van der Waals surface area contributed by atoms with Crippen LogP contribution in [0.25, 0.3) is 0 Å². The summed E-state index contributed by atoms with van der Waals surface area (Å²) < 4.78 is 11.9. The molecule has 1 aromatic carbocycles. The highest BCUT2D eigenvalue weighted by atomic mass is 79.9. The molecule has 0 radical (unpaired) electrons. The Kier molecular flexibility index (Phi) is 4.27. The molecule has 0 aromatic heterocycles. The lowest BCUT2D eigenvalue weighted by Gasteiger charge is -2.19. The minimum absolute atomic E-state index is 0.294. The van der Waals surface area contributed by atoms with E-state index in [1.54, 1.807) is 7.11 Å². The van der Waals surface area contributed by atoms with Gasteiger partial charge in [0.25, 0.3) is 0 Å². The molecule has 1 aliphatic heterocycles. The minimum atomic E-state index is 0.294. The van der Waals surface area contributed by atoms with E-state index in [1.165, 1.54) is 5.56 Å². The van der Waals surface area contributed by atoms with Crippen molar-refractivity contribution in [3.05, 3.63) is 28.2 Å². The summed E-state index contributed by atoms with van der Waals surface area (Å²) in [5.41, 5.74) is 1.19. The normalized spacial score (nSPS) is 22.1. The summed E-state index contributed by atoms with van der Waals surface area (Å²) in [7, 11) is 1.71. The lowest BCUT2D eigenvalue weighted by atomic mass is 9.98. The molecule has 0 aliphatic carbocycles. The molecule has 2 rings (SSSR count). The summed E-state index contributed by atoms with van der Waals surface area (Å²) in [6.45, 7) is 1.69. The van der Waals surface area contributed by atoms with Crippen LogP contribution >= 0.6 is 31.9 Å². The van der Waals surface area contributed by atoms with Gasteiger partial charge in [-0.2, -0.15) is 0 Å². The Bertz CT molecular complexity index is 362. The van der Waals surface area contributed by atoms with Crippen molar-refractivity contribution in [1.82, 2.24) is 0 Å². The van der Waals surface area contributed by atoms with E-state index in [1.807, 2.05) is 12.1 Å². The van der Waals surface area contributed by atoms with Crippen LogP contribution in [0.3, 0.4) is 0 Å². The van der Waals surface area contributed by atoms with Crippen molar-refractivity contribution in [3.8, 4) is 5.75 Å². The van der Waals surface area contributed by atoms with E-state index in [2.05, 4.69) is 37.9 Å². The second-order valence-electron chi connectivity index (χ2n) is 3.91. The molecule has 1 aliphatic rings. The van der Waals surface area contributed by atoms with Crippen molar-refractivity contribution in [1.29, 1.82) is 0 Å². The number of halogens is 2. The van der Waals surface area contributed by atoms with Gasteiger partial charge in [-0.25, -0.2) is 0 Å². The van der Waals surface area contributed by atoms with Crippen molar-refractivity contribution in [2.24, 2.45) is 5.92 Å². The summed E-state index contributed by atoms with van der Waals surface area (Å²) in [5, 5.41) is 0. The quantitative estimate of drug-likeness (QED) is 0.770. The summed E-state index contributed by atoms with van der Waals surface area (Å²) in [6.07, 6.45) is 1.10. The fourth-order valence-electron chi connectivity index (χ4n) is 1.96. The van der Waals surface area contributed by atoms with Crippen LogP contribution in [0.2, 0.25) is 0 Å². The second-order valence-corrected chi connectivity index (χ2v) is 5.81. The van der Waals surface area contributed by atoms with Crippen molar-refractivity contribution >= 4 is 31.9 Å². The first-order valence-electron chi connectivity index (χ1n) is 5.27. The van der Waals surface area contributed by atoms with Crippen LogP contribution in [-0.2, 0) is 4.74 Å². The predicted molar refractivity (Wildman–Crippen MR) is 71.3 cm³/mol. The Balaban J connectivity index is 2.26. The standard InChI is InChI=1S/C12H14Br2O2/c1-15-11-3-2-9(13)6-10(11)12(14)8-4-5-16-7-8/h2-3,6,8,12H,4-5,7H2,1H3. The fourth-order valence-corrected chi connectivity index (χ4v) is 3.11. The number of ether oxygens (including phenoxy) is 2. The highest BCUT2D eigenvalue weighted by molar-refractivity contribution is 9.10. The van der Waals surface area contributed by atoms with Crippen LogP contribution in [0.15, 0.2) is 22.7 Å². The molecule has 4 heteroatoms. The van der Waals surface area contributed by atoms with Crippen molar-refractivity contribution < 1.29 is 9.47 Å². The molecule has 0 N–H and O–H groups in total. The Hall–Kier alpha value is -0.0600. The van der Waals surface area contributed by atoms with Gasteiger partial charge in [0.15, 0.2) is 0 Å². The monoisotopic (exact) mass is 348 g/mol. The lowest BCUT2D eigenvalue weighted by molar-refractivity contribution is 0.185. The average Bonchev–Trinajstić information content (AvgIpc) is 2.81. The van der Waals surface area contributed by atoms with Crippen LogP contribution in [0, 0.1) is 5.92 Å². The topological polar surface area (TPSA) is 18.5 Å². The zero-order valence-corrected chi connectivity index (χ0v) is 12.3. The first-order chi connectivity index (χ1) is 7.72. The zero-order chi connectivity index (χ0) is 11.5. The molecule has 88 valence electrons. The van der Waals surface area contributed by atoms with Gasteiger partial charge in [0.05, 0.1) is 13.7 Å². The van der Waals surface area contributed by atoms with Crippen LogP contribution in [-0.4, -0.2) is 20.3 Å². The van der Waals surface area contributed by atoms with Gasteiger partial charge in [-0.05, 0) is 24.6 Å². The Morgan fingerprint density at radius 1 is 1.50 bits per heavy atom. The number of hydrogen-bond acceptors (Lipinski definition) is 2. The lowest BCUT2D eigenvalue weighted by Crippen LogP contribution is -2.08. The van der Waals surface area contributed by atoms with Gasteiger partial charge in [0.1, 0.15) is 5.75 Å². The molecule has 0 bridgehead atoms. The third kappa shape index (κ3) is 2.60. The number of methoxy groups -OCH3 is 1. The van der Waals surface area contributed by atoms with E-state index >= 15 is 0 Å². The molecule has 1 aromatic rings. The van der Waals surface area contributed by atoms with Gasteiger partial charge in [-0.3, -0.25) is 0 Å². The maximum Gasteiger partial charge on any atom is 0.123 e. The van der Waals surface area contributed by atoms with Crippen molar-refractivity contribution in [2.45, 2.75) is 11.2 Å². The molecule has 2 unspecified atom stereocenters. The maximum atomic E-state index is 5.42. The van der Waals surface area contributed by atoms with Crippen LogP contribution in [0.1, 0.15) is 16.8 Å². The van der Waals surface area contributed by atoms with E-state index in [9.17, 15) is 0 Å². The molecule has 0 amide bonds. The number of rotatable bonds is 3. The van der Waals surface area contributed by atoms with E-state index in [-0.39, 0.29) is 0 Å². The van der Waals surface area contributed by atoms with Gasteiger partial charge in [0.2, 0.25) is 0 Å². The van der Waals surface area contributed by atoms with Crippen molar-refractivity contribution in [3.63, 3.8) is 0 Å². The zero-order valence-electron chi connectivity index (χ0n) is 9.08. The Morgan fingerprint density at radius 2 is 2.31 bits per heavy atom. The second kappa shape index (κ2) is 5.52. The smallest absolute Gasteiger partial charge is 0.123 e. The largest absolute Gasteiger partial charge is 0.496 e. The summed E-state index contributed by atoms with van der Waals surface area (Å²) in [4.78, 5) is 0.294. The van der Waals surface area contributed by atoms with Gasteiger partial charge >= 0.3 is 0 Å². The molecule has 0 spiro atoms. The molecule has 1 heterocycles. The highest BCUT2D eigenvalue weighted by Crippen LogP contribution is 2.41. The van der Waals surface area contributed by atoms with Gasteiger partial charge in [0, 0.05) is 27.4 Å². The fraction of sp³-hybridized carbons (Fsp3) is 0.500. The third-order valence-corrected chi connectivity index (χ3v) is 4.60. The minimum Gasteiger partial charge on any atom is -0.496 e. The third-order valence-electron chi connectivity index (χ3n) is 2.87. The summed E-state index contributed by atoms with van der Waals surface area (Å²) >= 11 is 7.25. The maximum absolute atomic E-state index is 5.42. The predicted octanol–water partition coefficient (Wildman–Crippen LogP) is 3.93. The highest BCUT2D eigenvalue weighted by Gasteiger charge is 2.27. The molecule has 16 heavy (non-hydrogen) atoms. The van der Waals surface area contributed by atoms with Crippen LogP contribution < -0.4 is 4.74 Å². The van der Waals surface area contributed by atoms with Crippen LogP contribution in [0.5, 0.6) is 5.75 Å². The van der Waals surface area contributed by atoms with E-state index in [4.69, 9.17) is 9.47 Å². The van der Waals surface area contributed by atoms with E-state index < -0.39 is 0 Å². The SMILES string of the molecule is COc1ccc(Br)cc1C(Br)C1CCOC1. The molecular formula is C12H14Br2O2. The number of hydrogen-bond donors (Lipinski definition) is 0. The Labute approximate surface area is 113 Å². The Morgan fingerprint density at radius 3 is 2.94 bits per heavy atom. The van der Waals surface area contributed by atoms with Gasteiger partial charge in [-0.1, -0.05) is 31.9 Å². The van der Waals surface area contributed by atoms with E-state index in [0.717, 1.165) is 29.9 Å². The first-order valence-corrected chi connectivity index (χ1v) is 6.98. The number of benzene rings is 1. The van der Waals surface area contributed by atoms with Crippen LogP contribution in [0.4, 0.5) is 0 Å². The molecule has 2 nitrogen and oxygen atoms in total. The van der Waals surface area contributed by atoms with E-state index in [0.29, 0.717) is 10.7 Å². The molecule has 2 atom stereocenters. The molecule has 0 saturated carbocycles. The summed E-state index contributed by atoms with van der Waals surface area (Å²) in [6, 6.07) is 6.09. The number of alkyl halides is 1. The first kappa shape index (κ1) is 12.4. The summed E-state index contributed by atoms with van der Waals surface area (Å²) in [5.74, 6) is 1.46. The van der Waals surface area contributed by atoms with Gasteiger partial charge in [-0.15, -0.1) is 0 Å². The van der Waals surface area contributed by atoms with Gasteiger partial charge < -0.3 is 9.47 Å².